The van der Waals surface area contributed by atoms with Crippen molar-refractivity contribution in [1.82, 2.24) is 15.3 Å². The Balaban J connectivity index is 2.09. The molecule has 1 atom stereocenters. The predicted octanol–water partition coefficient (Wildman–Crippen LogP) is 1.52. The third-order valence-electron chi connectivity index (χ3n) is 3.45. The minimum Gasteiger partial charge on any atom is -0.352 e. The number of aromatic nitrogens is 2. The number of hydrogen-bond acceptors (Lipinski definition) is 4. The van der Waals surface area contributed by atoms with Crippen LogP contribution in [0, 0.1) is 0 Å². The molecular formula is C14H24N4O. The van der Waals surface area contributed by atoms with E-state index in [-0.39, 0.29) is 11.1 Å². The van der Waals surface area contributed by atoms with E-state index in [2.05, 4.69) is 41.0 Å². The summed E-state index contributed by atoms with van der Waals surface area (Å²) in [6, 6.07) is 2.01. The Kier molecular flexibility index (Phi) is 4.24. The highest BCUT2D eigenvalue weighted by atomic mass is 16.1. The molecule has 1 fully saturated rings. The first-order chi connectivity index (χ1) is 8.96. The van der Waals surface area contributed by atoms with Crippen molar-refractivity contribution in [2.24, 2.45) is 0 Å². The van der Waals surface area contributed by atoms with Gasteiger partial charge >= 0.3 is 0 Å². The van der Waals surface area contributed by atoms with Crippen LogP contribution in [0.1, 0.15) is 40.0 Å². The highest BCUT2D eigenvalue weighted by Crippen LogP contribution is 2.21. The van der Waals surface area contributed by atoms with E-state index in [1.165, 1.54) is 19.2 Å². The summed E-state index contributed by atoms with van der Waals surface area (Å²) in [6.07, 6.45) is 5.05. The molecule has 0 spiro atoms. The lowest BCUT2D eigenvalue weighted by Crippen LogP contribution is -2.50. The molecule has 5 heteroatoms. The Labute approximate surface area is 114 Å². The zero-order chi connectivity index (χ0) is 13.9. The maximum Gasteiger partial charge on any atom is 0.252 e. The van der Waals surface area contributed by atoms with Crippen LogP contribution in [-0.2, 0) is 0 Å². The molecule has 1 aliphatic rings. The molecule has 1 saturated heterocycles. The van der Waals surface area contributed by atoms with E-state index in [0.717, 1.165) is 25.3 Å². The number of aromatic amines is 1. The Bertz CT molecular complexity index is 463. The van der Waals surface area contributed by atoms with Gasteiger partial charge in [0.05, 0.1) is 6.33 Å². The highest BCUT2D eigenvalue weighted by molar-refractivity contribution is 5.38. The van der Waals surface area contributed by atoms with Crippen molar-refractivity contribution in [2.75, 3.05) is 18.0 Å². The van der Waals surface area contributed by atoms with Gasteiger partial charge in [-0.15, -0.1) is 0 Å². The Morgan fingerprint density at radius 2 is 2.26 bits per heavy atom. The number of hydrogen-bond donors (Lipinski definition) is 2. The van der Waals surface area contributed by atoms with Gasteiger partial charge in [-0.1, -0.05) is 0 Å². The number of piperidine rings is 1. The summed E-state index contributed by atoms with van der Waals surface area (Å²) in [5, 5.41) is 3.55. The lowest BCUT2D eigenvalue weighted by Gasteiger charge is -2.38. The van der Waals surface area contributed by atoms with Crippen LogP contribution in [0.25, 0.3) is 0 Å². The van der Waals surface area contributed by atoms with Gasteiger partial charge in [-0.3, -0.25) is 4.79 Å². The van der Waals surface area contributed by atoms with Crippen LogP contribution in [0.15, 0.2) is 17.2 Å². The molecule has 1 unspecified atom stereocenters. The molecule has 0 radical (unpaired) electrons. The van der Waals surface area contributed by atoms with Gasteiger partial charge in [0.25, 0.3) is 5.56 Å². The van der Waals surface area contributed by atoms with Crippen molar-refractivity contribution in [3.8, 4) is 0 Å². The Morgan fingerprint density at radius 1 is 1.47 bits per heavy atom. The molecule has 0 bridgehead atoms. The summed E-state index contributed by atoms with van der Waals surface area (Å²) in [7, 11) is 0. The molecule has 106 valence electrons. The van der Waals surface area contributed by atoms with Crippen LogP contribution < -0.4 is 15.8 Å². The van der Waals surface area contributed by atoms with E-state index in [0.29, 0.717) is 6.04 Å². The van der Waals surface area contributed by atoms with Gasteiger partial charge < -0.3 is 15.2 Å². The molecule has 2 rings (SSSR count). The van der Waals surface area contributed by atoms with Crippen molar-refractivity contribution in [3.05, 3.63) is 22.7 Å². The van der Waals surface area contributed by atoms with Gasteiger partial charge in [-0.05, 0) is 40.0 Å². The molecule has 1 aromatic rings. The summed E-state index contributed by atoms with van der Waals surface area (Å²) in [4.78, 5) is 20.6. The Hall–Kier alpha value is -1.36. The molecule has 0 amide bonds. The molecule has 0 aliphatic carbocycles. The SMILES string of the molecule is CC(C)(C)NCC1CCCCN1c1cc(=O)[nH]cn1. The molecule has 2 heterocycles. The number of nitrogens with one attached hydrogen (secondary N) is 2. The smallest absolute Gasteiger partial charge is 0.252 e. The quantitative estimate of drug-likeness (QED) is 0.869. The summed E-state index contributed by atoms with van der Waals surface area (Å²) in [5.41, 5.74) is 0.0307. The first-order valence-corrected chi connectivity index (χ1v) is 7.02. The fourth-order valence-electron chi connectivity index (χ4n) is 2.45. The van der Waals surface area contributed by atoms with E-state index in [1.54, 1.807) is 6.07 Å². The fraction of sp³-hybridized carbons (Fsp3) is 0.714. The first kappa shape index (κ1) is 14.1. The minimum absolute atomic E-state index is 0.0851. The zero-order valence-corrected chi connectivity index (χ0v) is 12.1. The van der Waals surface area contributed by atoms with Crippen molar-refractivity contribution in [1.29, 1.82) is 0 Å². The molecule has 0 saturated carbocycles. The van der Waals surface area contributed by atoms with Gasteiger partial charge in [0, 0.05) is 30.7 Å². The molecule has 0 aromatic carbocycles. The Morgan fingerprint density at radius 3 is 2.95 bits per heavy atom. The molecule has 5 nitrogen and oxygen atoms in total. The monoisotopic (exact) mass is 264 g/mol. The van der Waals surface area contributed by atoms with Crippen molar-refractivity contribution >= 4 is 5.82 Å². The first-order valence-electron chi connectivity index (χ1n) is 7.02. The third-order valence-corrected chi connectivity index (χ3v) is 3.45. The molecule has 1 aromatic heterocycles. The van der Waals surface area contributed by atoms with Crippen LogP contribution in [0.4, 0.5) is 5.82 Å². The number of H-pyrrole nitrogens is 1. The second-order valence-electron chi connectivity index (χ2n) is 6.24. The lowest BCUT2D eigenvalue weighted by molar-refractivity contribution is 0.365. The van der Waals surface area contributed by atoms with E-state index in [4.69, 9.17) is 0 Å². The maximum atomic E-state index is 11.4. The second kappa shape index (κ2) is 5.74. The van der Waals surface area contributed by atoms with Gasteiger partial charge in [-0.2, -0.15) is 0 Å². The molecule has 19 heavy (non-hydrogen) atoms. The normalized spacial score (nSPS) is 20.6. The van der Waals surface area contributed by atoms with Crippen molar-refractivity contribution < 1.29 is 0 Å². The predicted molar refractivity (Wildman–Crippen MR) is 77.6 cm³/mol. The van der Waals surface area contributed by atoms with Gasteiger partial charge in [0.15, 0.2) is 0 Å². The zero-order valence-electron chi connectivity index (χ0n) is 12.1. The number of rotatable bonds is 3. The van der Waals surface area contributed by atoms with Crippen molar-refractivity contribution in [2.45, 2.75) is 51.6 Å². The van der Waals surface area contributed by atoms with Crippen molar-refractivity contribution in [3.63, 3.8) is 0 Å². The summed E-state index contributed by atoms with van der Waals surface area (Å²) in [6.45, 7) is 8.42. The van der Waals surface area contributed by atoms with Crippen LogP contribution in [-0.4, -0.2) is 34.6 Å². The molecular weight excluding hydrogens is 240 g/mol. The second-order valence-corrected chi connectivity index (χ2v) is 6.24. The van der Waals surface area contributed by atoms with E-state index >= 15 is 0 Å². The minimum atomic E-state index is -0.0851. The van der Waals surface area contributed by atoms with E-state index in [1.807, 2.05) is 0 Å². The average Bonchev–Trinajstić information content (AvgIpc) is 2.36. The third kappa shape index (κ3) is 4.06. The average molecular weight is 264 g/mol. The molecule has 1 aliphatic heterocycles. The van der Waals surface area contributed by atoms with Crippen LogP contribution in [0.2, 0.25) is 0 Å². The van der Waals surface area contributed by atoms with Crippen LogP contribution >= 0.6 is 0 Å². The number of nitrogens with zero attached hydrogens (tertiary/aromatic N) is 2. The van der Waals surface area contributed by atoms with E-state index in [9.17, 15) is 4.79 Å². The summed E-state index contributed by atoms with van der Waals surface area (Å²) >= 11 is 0. The standard InChI is InChI=1S/C14H24N4O/c1-14(2,3)17-9-11-6-4-5-7-18(11)12-8-13(19)16-10-15-12/h8,10-11,17H,4-7,9H2,1-3H3,(H,15,16,19). The maximum absolute atomic E-state index is 11.4. The van der Waals surface area contributed by atoms with Crippen LogP contribution in [0.5, 0.6) is 0 Å². The summed E-state index contributed by atoms with van der Waals surface area (Å²) in [5.74, 6) is 0.796. The summed E-state index contributed by atoms with van der Waals surface area (Å²) < 4.78 is 0. The van der Waals surface area contributed by atoms with Gasteiger partial charge in [-0.25, -0.2) is 4.98 Å². The highest BCUT2D eigenvalue weighted by Gasteiger charge is 2.24. The van der Waals surface area contributed by atoms with Gasteiger partial charge in [0.2, 0.25) is 0 Å². The van der Waals surface area contributed by atoms with Gasteiger partial charge in [0.1, 0.15) is 5.82 Å². The molecule has 2 N–H and O–H groups in total. The lowest BCUT2D eigenvalue weighted by atomic mass is 10.0. The number of anilines is 1. The largest absolute Gasteiger partial charge is 0.352 e. The van der Waals surface area contributed by atoms with E-state index < -0.39 is 0 Å². The fourth-order valence-corrected chi connectivity index (χ4v) is 2.45. The topological polar surface area (TPSA) is 61.0 Å². The van der Waals surface area contributed by atoms with Crippen LogP contribution in [0.3, 0.4) is 0 Å².